The van der Waals surface area contributed by atoms with E-state index in [0.29, 0.717) is 17.8 Å². The average Bonchev–Trinajstić information content (AvgIpc) is 2.96. The summed E-state index contributed by atoms with van der Waals surface area (Å²) < 4.78 is 7.13. The van der Waals surface area contributed by atoms with Crippen molar-refractivity contribution >= 4 is 12.0 Å². The van der Waals surface area contributed by atoms with E-state index in [1.165, 1.54) is 6.26 Å². The number of aromatic nitrogens is 2. The second-order valence-corrected chi connectivity index (χ2v) is 7.25. The van der Waals surface area contributed by atoms with E-state index >= 15 is 0 Å². The lowest BCUT2D eigenvalue weighted by atomic mass is 9.93. The summed E-state index contributed by atoms with van der Waals surface area (Å²) in [5, 5.41) is 3.09. The fraction of sp³-hybridized carbons (Fsp3) is 0.318. The Bertz CT molecular complexity index is 1010. The van der Waals surface area contributed by atoms with Gasteiger partial charge in [0.1, 0.15) is 17.4 Å². The van der Waals surface area contributed by atoms with Gasteiger partial charge in [-0.25, -0.2) is 0 Å². The van der Waals surface area contributed by atoms with Gasteiger partial charge in [-0.05, 0) is 23.6 Å². The van der Waals surface area contributed by atoms with Gasteiger partial charge in [-0.3, -0.25) is 14.2 Å². The molecule has 0 saturated carbocycles. The monoisotopic (exact) mass is 377 g/mol. The summed E-state index contributed by atoms with van der Waals surface area (Å²) in [5.74, 6) is 0.823. The van der Waals surface area contributed by atoms with Crippen LogP contribution in [0, 0.1) is 5.92 Å². The van der Waals surface area contributed by atoms with Crippen LogP contribution in [-0.2, 0) is 11.2 Å². The third-order valence-corrected chi connectivity index (χ3v) is 5.45. The van der Waals surface area contributed by atoms with Crippen molar-refractivity contribution < 1.29 is 9.53 Å². The Balaban J connectivity index is 1.89. The summed E-state index contributed by atoms with van der Waals surface area (Å²) in [6.07, 6.45) is 7.92. The van der Waals surface area contributed by atoms with E-state index in [4.69, 9.17) is 4.74 Å². The minimum absolute atomic E-state index is 0.134. The molecule has 2 aromatic rings. The lowest BCUT2D eigenvalue weighted by Crippen LogP contribution is -2.50. The molecule has 1 amide bonds. The minimum atomic E-state index is -0.646. The zero-order valence-corrected chi connectivity index (χ0v) is 16.0. The van der Waals surface area contributed by atoms with Gasteiger partial charge in [0.15, 0.2) is 0 Å². The van der Waals surface area contributed by atoms with E-state index in [0.717, 1.165) is 12.0 Å². The number of rotatable bonds is 4. The van der Waals surface area contributed by atoms with E-state index in [1.54, 1.807) is 22.8 Å². The first-order valence-electron chi connectivity index (χ1n) is 9.60. The van der Waals surface area contributed by atoms with Gasteiger partial charge < -0.3 is 10.1 Å². The minimum Gasteiger partial charge on any atom is -0.446 e. The Kier molecular flexibility index (Phi) is 4.86. The van der Waals surface area contributed by atoms with Crippen molar-refractivity contribution in [2.75, 3.05) is 0 Å². The quantitative estimate of drug-likeness (QED) is 0.888. The van der Waals surface area contributed by atoms with E-state index in [-0.39, 0.29) is 29.3 Å². The molecule has 0 fully saturated rings. The summed E-state index contributed by atoms with van der Waals surface area (Å²) in [6.45, 7) is 4.10. The third kappa shape index (κ3) is 3.15. The first kappa shape index (κ1) is 18.2. The molecule has 28 heavy (non-hydrogen) atoms. The molecule has 0 aliphatic carbocycles. The normalized spacial score (nSPS) is 21.1. The molecule has 1 N–H and O–H groups in total. The van der Waals surface area contributed by atoms with Crippen LogP contribution in [0.2, 0.25) is 0 Å². The second kappa shape index (κ2) is 7.46. The van der Waals surface area contributed by atoms with E-state index < -0.39 is 6.04 Å². The standard InChI is InChI=1S/C22H23N3O3/c1-3-14(2)18-19-24-21-16(11-7-8-12-28-21)22(27)25(19)17(20(26)23-18)13-15-9-5-4-6-10-15/h4-12,14,17-18H,3,13H2,1-2H3,(H,23,26)/t14?,17-,18?/m0/s1. The Morgan fingerprint density at radius 2 is 2.00 bits per heavy atom. The highest BCUT2D eigenvalue weighted by atomic mass is 16.5. The van der Waals surface area contributed by atoms with Gasteiger partial charge >= 0.3 is 0 Å². The molecule has 2 aliphatic rings. The van der Waals surface area contributed by atoms with Crippen molar-refractivity contribution in [3.63, 3.8) is 0 Å². The summed E-state index contributed by atoms with van der Waals surface area (Å²) >= 11 is 0. The number of carbonyl (C=O) groups is 1. The van der Waals surface area contributed by atoms with Crippen LogP contribution in [0.5, 0.6) is 5.88 Å². The zero-order valence-electron chi connectivity index (χ0n) is 16.0. The van der Waals surface area contributed by atoms with Gasteiger partial charge in [0.05, 0.1) is 12.3 Å². The largest absolute Gasteiger partial charge is 0.446 e. The number of hydrogen-bond acceptors (Lipinski definition) is 4. The lowest BCUT2D eigenvalue weighted by molar-refractivity contribution is -0.127. The fourth-order valence-corrected chi connectivity index (χ4v) is 3.68. The Labute approximate surface area is 163 Å². The summed E-state index contributed by atoms with van der Waals surface area (Å²) in [5.41, 5.74) is 1.11. The number of nitrogens with one attached hydrogen (secondary N) is 1. The van der Waals surface area contributed by atoms with Crippen LogP contribution in [0.25, 0.3) is 6.08 Å². The number of fused-ring (bicyclic) bond motifs is 2. The highest BCUT2D eigenvalue weighted by Crippen LogP contribution is 2.32. The van der Waals surface area contributed by atoms with Crippen molar-refractivity contribution in [3.8, 4) is 5.88 Å². The van der Waals surface area contributed by atoms with Crippen LogP contribution in [0.15, 0.2) is 53.5 Å². The molecular weight excluding hydrogens is 354 g/mol. The molecular formula is C22H23N3O3. The molecule has 0 radical (unpaired) electrons. The van der Waals surface area contributed by atoms with Gasteiger partial charge in [0.25, 0.3) is 5.56 Å². The van der Waals surface area contributed by atoms with Gasteiger partial charge in [-0.2, -0.15) is 4.98 Å². The number of amides is 1. The number of ether oxygens (including phenoxy) is 1. The predicted octanol–water partition coefficient (Wildman–Crippen LogP) is 3.16. The van der Waals surface area contributed by atoms with Crippen LogP contribution in [0.1, 0.15) is 49.3 Å². The molecule has 0 bridgehead atoms. The van der Waals surface area contributed by atoms with Gasteiger partial charge in [-0.15, -0.1) is 0 Å². The molecule has 2 aliphatic heterocycles. The molecule has 6 heteroatoms. The van der Waals surface area contributed by atoms with Crippen LogP contribution in [-0.4, -0.2) is 15.5 Å². The summed E-state index contributed by atoms with van der Waals surface area (Å²) in [7, 11) is 0. The molecule has 2 unspecified atom stereocenters. The molecule has 1 aromatic heterocycles. The highest BCUT2D eigenvalue weighted by Gasteiger charge is 2.38. The number of nitrogens with zero attached hydrogens (tertiary/aromatic N) is 2. The van der Waals surface area contributed by atoms with Crippen molar-refractivity contribution in [2.45, 2.75) is 38.8 Å². The number of allylic oxidation sites excluding steroid dienone is 2. The fourth-order valence-electron chi connectivity index (χ4n) is 3.68. The average molecular weight is 377 g/mol. The summed E-state index contributed by atoms with van der Waals surface area (Å²) in [6, 6.07) is 8.74. The first-order valence-corrected chi connectivity index (χ1v) is 9.60. The van der Waals surface area contributed by atoms with Crippen LogP contribution < -0.4 is 15.6 Å². The Hall–Kier alpha value is -3.15. The molecule has 4 rings (SSSR count). The van der Waals surface area contributed by atoms with Crippen molar-refractivity contribution in [1.29, 1.82) is 0 Å². The topological polar surface area (TPSA) is 73.2 Å². The Morgan fingerprint density at radius 1 is 1.21 bits per heavy atom. The smallest absolute Gasteiger partial charge is 0.265 e. The molecule has 0 saturated heterocycles. The zero-order chi connectivity index (χ0) is 19.7. The van der Waals surface area contributed by atoms with E-state index in [9.17, 15) is 9.59 Å². The van der Waals surface area contributed by atoms with Crippen LogP contribution in [0.4, 0.5) is 0 Å². The van der Waals surface area contributed by atoms with Crippen LogP contribution in [0.3, 0.4) is 0 Å². The first-order chi connectivity index (χ1) is 13.6. The molecule has 1 aromatic carbocycles. The predicted molar refractivity (Wildman–Crippen MR) is 107 cm³/mol. The number of benzene rings is 1. The Morgan fingerprint density at radius 3 is 2.75 bits per heavy atom. The lowest BCUT2D eigenvalue weighted by Gasteiger charge is -2.35. The van der Waals surface area contributed by atoms with Gasteiger partial charge in [0.2, 0.25) is 11.8 Å². The van der Waals surface area contributed by atoms with Gasteiger partial charge in [0, 0.05) is 6.42 Å². The highest BCUT2D eigenvalue weighted by molar-refractivity contribution is 5.82. The number of carbonyl (C=O) groups excluding carboxylic acids is 1. The van der Waals surface area contributed by atoms with E-state index in [1.807, 2.05) is 37.3 Å². The summed E-state index contributed by atoms with van der Waals surface area (Å²) in [4.78, 5) is 31.1. The molecule has 0 spiro atoms. The third-order valence-electron chi connectivity index (χ3n) is 5.45. The maximum atomic E-state index is 13.4. The molecule has 6 nitrogen and oxygen atoms in total. The maximum Gasteiger partial charge on any atom is 0.265 e. The van der Waals surface area contributed by atoms with Crippen molar-refractivity contribution in [2.24, 2.45) is 5.92 Å². The number of hydrogen-bond donors (Lipinski definition) is 1. The van der Waals surface area contributed by atoms with Crippen molar-refractivity contribution in [3.05, 3.63) is 76.1 Å². The second-order valence-electron chi connectivity index (χ2n) is 7.25. The molecule has 144 valence electrons. The maximum absolute atomic E-state index is 13.4. The van der Waals surface area contributed by atoms with Crippen molar-refractivity contribution in [1.82, 2.24) is 14.9 Å². The SMILES string of the molecule is CCC(C)C1NC(=O)[C@H](Cc2ccccc2)n2c1nc1c(c2=O)C=CC=CO1. The molecule has 3 atom stereocenters. The van der Waals surface area contributed by atoms with E-state index in [2.05, 4.69) is 17.2 Å². The van der Waals surface area contributed by atoms with Gasteiger partial charge in [-0.1, -0.05) is 56.7 Å². The van der Waals surface area contributed by atoms with Crippen LogP contribution >= 0.6 is 0 Å². The molecule has 3 heterocycles.